The number of ether oxygens (including phenoxy) is 3. The fraction of sp³-hybridized carbons (Fsp3) is 0.238. The van der Waals surface area contributed by atoms with Crippen molar-refractivity contribution in [2.45, 2.75) is 12.1 Å². The van der Waals surface area contributed by atoms with E-state index in [4.69, 9.17) is 19.3 Å². The predicted molar refractivity (Wildman–Crippen MR) is 121 cm³/mol. The summed E-state index contributed by atoms with van der Waals surface area (Å²) in [6, 6.07) is 9.31. The quantitative estimate of drug-likeness (QED) is 0.392. The van der Waals surface area contributed by atoms with E-state index in [1.54, 1.807) is 49.3 Å². The smallest absolute Gasteiger partial charge is 0.340 e. The zero-order chi connectivity index (χ0) is 21.8. The molecule has 1 aromatic carbocycles. The van der Waals surface area contributed by atoms with E-state index in [1.165, 1.54) is 11.8 Å². The summed E-state index contributed by atoms with van der Waals surface area (Å²) in [4.78, 5) is 13.8. The van der Waals surface area contributed by atoms with Crippen molar-refractivity contribution in [3.05, 3.63) is 46.8 Å². The van der Waals surface area contributed by atoms with E-state index in [9.17, 15) is 4.79 Å². The molecule has 1 aliphatic rings. The fourth-order valence-corrected chi connectivity index (χ4v) is 4.49. The molecule has 0 unspecified atom stereocenters. The standard InChI is InChI=1S/C21H20N4O4S2/c1-4-29-20(26)16(10-13-8-14(27-2)11-15(9-13)28-3)17-12-31-21-23-22-19(25(21)24-17)18-6-5-7-30-18/h5-11H,4,12H2,1-3H3/b16-10-. The number of thioether (sulfide) groups is 1. The maximum absolute atomic E-state index is 12.8. The Morgan fingerprint density at radius 2 is 1.97 bits per heavy atom. The number of hydrogen-bond donors (Lipinski definition) is 0. The predicted octanol–water partition coefficient (Wildman–Crippen LogP) is 3.98. The molecule has 31 heavy (non-hydrogen) atoms. The summed E-state index contributed by atoms with van der Waals surface area (Å²) in [7, 11) is 3.16. The highest BCUT2D eigenvalue weighted by Crippen LogP contribution is 2.31. The van der Waals surface area contributed by atoms with Crippen LogP contribution in [0.4, 0.5) is 0 Å². The van der Waals surface area contributed by atoms with Crippen molar-refractivity contribution in [1.29, 1.82) is 0 Å². The number of aromatic nitrogens is 3. The largest absolute Gasteiger partial charge is 0.497 e. The van der Waals surface area contributed by atoms with E-state index < -0.39 is 5.97 Å². The van der Waals surface area contributed by atoms with Gasteiger partial charge in [0, 0.05) is 11.8 Å². The van der Waals surface area contributed by atoms with Crippen molar-refractivity contribution in [2.24, 2.45) is 5.10 Å². The van der Waals surface area contributed by atoms with Gasteiger partial charge >= 0.3 is 5.97 Å². The van der Waals surface area contributed by atoms with E-state index in [2.05, 4.69) is 10.2 Å². The number of methoxy groups -OCH3 is 2. The molecule has 0 N–H and O–H groups in total. The molecule has 1 aliphatic heterocycles. The summed E-state index contributed by atoms with van der Waals surface area (Å²) in [5.41, 5.74) is 1.68. The third-order valence-electron chi connectivity index (χ3n) is 4.40. The van der Waals surface area contributed by atoms with E-state index in [0.29, 0.717) is 39.5 Å². The lowest BCUT2D eigenvalue weighted by Crippen LogP contribution is -2.21. The number of nitrogens with zero attached hydrogens (tertiary/aromatic N) is 4. The SMILES string of the molecule is CCOC(=O)/C(=C\c1cc(OC)cc(OC)c1)C1=Nn2c(nnc2-c2cccs2)SC1. The van der Waals surface area contributed by atoms with Gasteiger partial charge in [0.25, 0.3) is 0 Å². The molecule has 0 saturated heterocycles. The van der Waals surface area contributed by atoms with Gasteiger partial charge in [0.15, 0.2) is 5.82 Å². The molecule has 4 rings (SSSR count). The van der Waals surface area contributed by atoms with Crippen LogP contribution >= 0.6 is 23.1 Å². The van der Waals surface area contributed by atoms with E-state index in [1.807, 2.05) is 29.6 Å². The number of hydrogen-bond acceptors (Lipinski definition) is 9. The molecule has 0 saturated carbocycles. The van der Waals surface area contributed by atoms with Gasteiger partial charge < -0.3 is 14.2 Å². The number of carbonyl (C=O) groups is 1. The highest BCUT2D eigenvalue weighted by molar-refractivity contribution is 7.99. The normalized spacial score (nSPS) is 13.4. The maximum Gasteiger partial charge on any atom is 0.340 e. The van der Waals surface area contributed by atoms with Crippen LogP contribution in [-0.2, 0) is 9.53 Å². The zero-order valence-corrected chi connectivity index (χ0v) is 18.8. The summed E-state index contributed by atoms with van der Waals surface area (Å²) in [6.07, 6.45) is 1.74. The van der Waals surface area contributed by atoms with Gasteiger partial charge in [0.2, 0.25) is 5.16 Å². The molecule has 0 atom stereocenters. The topological polar surface area (TPSA) is 87.8 Å². The molecule has 0 aliphatic carbocycles. The molecule has 0 bridgehead atoms. The number of esters is 1. The highest BCUT2D eigenvalue weighted by Gasteiger charge is 2.26. The molecule has 0 radical (unpaired) electrons. The lowest BCUT2D eigenvalue weighted by Gasteiger charge is -2.16. The number of thiophene rings is 1. The van der Waals surface area contributed by atoms with E-state index in [0.717, 1.165) is 10.4 Å². The van der Waals surface area contributed by atoms with Crippen molar-refractivity contribution in [1.82, 2.24) is 14.9 Å². The molecular weight excluding hydrogens is 436 g/mol. The first kappa shape index (κ1) is 21.1. The van der Waals surface area contributed by atoms with E-state index in [-0.39, 0.29) is 6.61 Å². The van der Waals surface area contributed by atoms with Gasteiger partial charge in [-0.2, -0.15) is 9.78 Å². The Morgan fingerprint density at radius 1 is 1.19 bits per heavy atom. The average molecular weight is 457 g/mol. The molecule has 2 aromatic heterocycles. The molecular formula is C21H20N4O4S2. The molecule has 0 amide bonds. The van der Waals surface area contributed by atoms with Gasteiger partial charge in [0.1, 0.15) is 11.5 Å². The summed E-state index contributed by atoms with van der Waals surface area (Å²) in [5, 5.41) is 15.9. The van der Waals surface area contributed by atoms with Crippen molar-refractivity contribution < 1.29 is 19.0 Å². The fourth-order valence-electron chi connectivity index (χ4n) is 2.97. The lowest BCUT2D eigenvalue weighted by atomic mass is 10.1. The van der Waals surface area contributed by atoms with Crippen LogP contribution in [0.1, 0.15) is 12.5 Å². The Hall–Kier alpha value is -3.11. The van der Waals surface area contributed by atoms with Crippen molar-refractivity contribution in [2.75, 3.05) is 26.6 Å². The average Bonchev–Trinajstić information content (AvgIpc) is 3.46. The Balaban J connectivity index is 1.80. The van der Waals surface area contributed by atoms with E-state index >= 15 is 0 Å². The maximum atomic E-state index is 12.8. The van der Waals surface area contributed by atoms with Gasteiger partial charge in [-0.3, -0.25) is 0 Å². The summed E-state index contributed by atoms with van der Waals surface area (Å²) in [6.45, 7) is 2.03. The first-order valence-electron chi connectivity index (χ1n) is 9.45. The lowest BCUT2D eigenvalue weighted by molar-refractivity contribution is -0.137. The summed E-state index contributed by atoms with van der Waals surface area (Å²) < 4.78 is 17.7. The van der Waals surface area contributed by atoms with Crippen LogP contribution < -0.4 is 9.47 Å². The van der Waals surface area contributed by atoms with Crippen molar-refractivity contribution in [3.63, 3.8) is 0 Å². The second kappa shape index (κ2) is 9.36. The minimum atomic E-state index is -0.446. The zero-order valence-electron chi connectivity index (χ0n) is 17.2. The van der Waals surface area contributed by atoms with Gasteiger partial charge in [-0.05, 0) is 42.1 Å². The number of carbonyl (C=O) groups excluding carboxylic acids is 1. The van der Waals surface area contributed by atoms with Crippen molar-refractivity contribution in [3.8, 4) is 22.2 Å². The first-order valence-corrected chi connectivity index (χ1v) is 11.3. The summed E-state index contributed by atoms with van der Waals surface area (Å²) in [5.74, 6) is 1.90. The molecule has 10 heteroatoms. The van der Waals surface area contributed by atoms with Crippen molar-refractivity contribution >= 4 is 40.9 Å². The van der Waals surface area contributed by atoms with Crippen LogP contribution in [0.25, 0.3) is 16.8 Å². The van der Waals surface area contributed by atoms with Crippen LogP contribution in [0, 0.1) is 0 Å². The Kier molecular flexibility index (Phi) is 6.38. The first-order chi connectivity index (χ1) is 15.1. The minimum absolute atomic E-state index is 0.260. The van der Waals surface area contributed by atoms with Crippen LogP contribution in [-0.4, -0.2) is 53.1 Å². The van der Waals surface area contributed by atoms with Gasteiger partial charge in [-0.15, -0.1) is 21.5 Å². The molecule has 3 heterocycles. The second-order valence-electron chi connectivity index (χ2n) is 6.36. The van der Waals surface area contributed by atoms with Gasteiger partial charge in [0.05, 0.1) is 37.0 Å². The number of fused-ring (bicyclic) bond motifs is 1. The molecule has 3 aromatic rings. The Labute approximate surface area is 187 Å². The molecule has 0 spiro atoms. The van der Waals surface area contributed by atoms with Crippen LogP contribution in [0.15, 0.2) is 51.5 Å². The van der Waals surface area contributed by atoms with Gasteiger partial charge in [-0.25, -0.2) is 4.79 Å². The molecule has 160 valence electrons. The minimum Gasteiger partial charge on any atom is -0.497 e. The third-order valence-corrected chi connectivity index (χ3v) is 6.20. The second-order valence-corrected chi connectivity index (χ2v) is 8.25. The Bertz CT molecular complexity index is 1130. The molecule has 8 nitrogen and oxygen atoms in total. The number of benzene rings is 1. The van der Waals surface area contributed by atoms with Crippen LogP contribution in [0.3, 0.4) is 0 Å². The third kappa shape index (κ3) is 4.49. The van der Waals surface area contributed by atoms with Crippen LogP contribution in [0.5, 0.6) is 11.5 Å². The Morgan fingerprint density at radius 3 is 2.61 bits per heavy atom. The summed E-state index contributed by atoms with van der Waals surface area (Å²) >= 11 is 3.02. The molecule has 0 fully saturated rings. The number of rotatable bonds is 7. The monoisotopic (exact) mass is 456 g/mol. The van der Waals surface area contributed by atoms with Crippen LogP contribution in [0.2, 0.25) is 0 Å². The van der Waals surface area contributed by atoms with Gasteiger partial charge in [-0.1, -0.05) is 17.8 Å². The highest BCUT2D eigenvalue weighted by atomic mass is 32.2.